The van der Waals surface area contributed by atoms with Crippen molar-refractivity contribution < 1.29 is 0 Å². The van der Waals surface area contributed by atoms with Crippen LogP contribution in [0.2, 0.25) is 0 Å². The first-order valence-electron chi connectivity index (χ1n) is 4.94. The Balaban J connectivity index is 2.24. The van der Waals surface area contributed by atoms with Gasteiger partial charge >= 0.3 is 0 Å². The summed E-state index contributed by atoms with van der Waals surface area (Å²) in [6.45, 7) is 2.15. The van der Waals surface area contributed by atoms with Crippen LogP contribution < -0.4 is 10.6 Å². The first-order chi connectivity index (χ1) is 6.77. The van der Waals surface area contributed by atoms with Gasteiger partial charge in [0.05, 0.1) is 5.69 Å². The van der Waals surface area contributed by atoms with E-state index in [1.807, 2.05) is 12.1 Å². The van der Waals surface area contributed by atoms with E-state index in [2.05, 4.69) is 25.8 Å². The van der Waals surface area contributed by atoms with Crippen molar-refractivity contribution in [1.82, 2.24) is 4.98 Å². The molecule has 2 rings (SSSR count). The Morgan fingerprint density at radius 3 is 2.64 bits per heavy atom. The molecule has 1 fully saturated rings. The minimum Gasteiger partial charge on any atom is -0.396 e. The molecule has 2 heterocycles. The Morgan fingerprint density at radius 2 is 1.93 bits per heavy atom. The minimum atomic E-state index is 0.773. The lowest BCUT2D eigenvalue weighted by atomic mass is 10.1. The molecule has 2 N–H and O–H groups in total. The molecule has 0 radical (unpaired) electrons. The van der Waals surface area contributed by atoms with Gasteiger partial charge in [0.2, 0.25) is 0 Å². The molecule has 14 heavy (non-hydrogen) atoms. The number of rotatable bonds is 1. The largest absolute Gasteiger partial charge is 0.396 e. The van der Waals surface area contributed by atoms with Gasteiger partial charge in [0.25, 0.3) is 0 Å². The van der Waals surface area contributed by atoms with Crippen molar-refractivity contribution in [3.05, 3.63) is 16.7 Å². The molecule has 3 nitrogen and oxygen atoms in total. The number of halogens is 1. The van der Waals surface area contributed by atoms with Gasteiger partial charge in [-0.1, -0.05) is 0 Å². The summed E-state index contributed by atoms with van der Waals surface area (Å²) in [6, 6.07) is 3.78. The fourth-order valence-corrected chi connectivity index (χ4v) is 2.10. The third-order valence-electron chi connectivity index (χ3n) is 2.53. The molecule has 0 bridgehead atoms. The molecule has 1 aromatic rings. The van der Waals surface area contributed by atoms with Gasteiger partial charge in [-0.05, 0) is 47.3 Å². The summed E-state index contributed by atoms with van der Waals surface area (Å²) in [6.07, 6.45) is 3.81. The van der Waals surface area contributed by atoms with E-state index in [9.17, 15) is 0 Å². The highest BCUT2D eigenvalue weighted by atomic mass is 79.9. The number of piperidine rings is 1. The molecular formula is C10H14BrN3. The molecule has 0 spiro atoms. The maximum absolute atomic E-state index is 5.90. The maximum Gasteiger partial charge on any atom is 0.153 e. The van der Waals surface area contributed by atoms with Gasteiger partial charge < -0.3 is 10.6 Å². The predicted octanol–water partition coefficient (Wildman–Crippen LogP) is 2.42. The second kappa shape index (κ2) is 4.17. The third-order valence-corrected chi connectivity index (χ3v) is 2.97. The number of pyridine rings is 1. The highest BCUT2D eigenvalue weighted by Crippen LogP contribution is 2.25. The summed E-state index contributed by atoms with van der Waals surface area (Å²) >= 11 is 3.37. The zero-order chi connectivity index (χ0) is 9.97. The molecular weight excluding hydrogens is 242 g/mol. The SMILES string of the molecule is Nc1ccc(Br)nc1N1CCCCC1. The van der Waals surface area contributed by atoms with Gasteiger partial charge in [-0.3, -0.25) is 0 Å². The topological polar surface area (TPSA) is 42.1 Å². The number of nitrogens with two attached hydrogens (primary N) is 1. The van der Waals surface area contributed by atoms with Crippen LogP contribution in [0.25, 0.3) is 0 Å². The van der Waals surface area contributed by atoms with E-state index in [-0.39, 0.29) is 0 Å². The van der Waals surface area contributed by atoms with Crippen LogP contribution >= 0.6 is 15.9 Å². The zero-order valence-corrected chi connectivity index (χ0v) is 9.63. The van der Waals surface area contributed by atoms with Crippen molar-refractivity contribution >= 4 is 27.4 Å². The van der Waals surface area contributed by atoms with E-state index in [1.54, 1.807) is 0 Å². The molecule has 1 aromatic heterocycles. The van der Waals surface area contributed by atoms with Crippen LogP contribution in [0.15, 0.2) is 16.7 Å². The fourth-order valence-electron chi connectivity index (χ4n) is 1.80. The Morgan fingerprint density at radius 1 is 1.21 bits per heavy atom. The first-order valence-corrected chi connectivity index (χ1v) is 5.73. The van der Waals surface area contributed by atoms with E-state index in [4.69, 9.17) is 5.73 Å². The number of aromatic nitrogens is 1. The van der Waals surface area contributed by atoms with E-state index >= 15 is 0 Å². The molecule has 1 aliphatic rings. The van der Waals surface area contributed by atoms with E-state index < -0.39 is 0 Å². The second-order valence-electron chi connectivity index (χ2n) is 3.59. The van der Waals surface area contributed by atoms with Crippen molar-refractivity contribution in [2.24, 2.45) is 0 Å². The molecule has 0 atom stereocenters. The molecule has 1 aliphatic heterocycles. The molecule has 0 aromatic carbocycles. The smallest absolute Gasteiger partial charge is 0.153 e. The lowest BCUT2D eigenvalue weighted by Gasteiger charge is -2.28. The van der Waals surface area contributed by atoms with Crippen molar-refractivity contribution in [1.29, 1.82) is 0 Å². The van der Waals surface area contributed by atoms with Crippen LogP contribution in [0.4, 0.5) is 11.5 Å². The van der Waals surface area contributed by atoms with Crippen LogP contribution in [0.3, 0.4) is 0 Å². The fraction of sp³-hybridized carbons (Fsp3) is 0.500. The molecule has 0 saturated carbocycles. The number of hydrogen-bond acceptors (Lipinski definition) is 3. The molecule has 0 unspecified atom stereocenters. The molecule has 0 aliphatic carbocycles. The Labute approximate surface area is 92.4 Å². The highest BCUT2D eigenvalue weighted by molar-refractivity contribution is 9.10. The Bertz CT molecular complexity index is 321. The van der Waals surface area contributed by atoms with Gasteiger partial charge in [0.15, 0.2) is 5.82 Å². The number of hydrogen-bond donors (Lipinski definition) is 1. The maximum atomic E-state index is 5.90. The molecule has 76 valence electrons. The van der Waals surface area contributed by atoms with Crippen molar-refractivity contribution in [2.45, 2.75) is 19.3 Å². The summed E-state index contributed by atoms with van der Waals surface area (Å²) in [4.78, 5) is 6.68. The monoisotopic (exact) mass is 255 g/mol. The molecule has 0 amide bonds. The quantitative estimate of drug-likeness (QED) is 0.784. The highest BCUT2D eigenvalue weighted by Gasteiger charge is 2.14. The van der Waals surface area contributed by atoms with Gasteiger partial charge in [0, 0.05) is 13.1 Å². The summed E-state index contributed by atoms with van der Waals surface area (Å²) in [5, 5.41) is 0. The Kier molecular flexibility index (Phi) is 2.91. The summed E-state index contributed by atoms with van der Waals surface area (Å²) in [5.41, 5.74) is 6.67. The molecule has 4 heteroatoms. The van der Waals surface area contributed by atoms with E-state index in [0.29, 0.717) is 0 Å². The predicted molar refractivity (Wildman–Crippen MR) is 62.4 cm³/mol. The van der Waals surface area contributed by atoms with Crippen molar-refractivity contribution in [2.75, 3.05) is 23.7 Å². The average molecular weight is 256 g/mol. The molecule has 1 saturated heterocycles. The summed E-state index contributed by atoms with van der Waals surface area (Å²) < 4.78 is 0.854. The van der Waals surface area contributed by atoms with Gasteiger partial charge in [0.1, 0.15) is 4.60 Å². The standard InChI is InChI=1S/C10H14BrN3/c11-9-5-4-8(12)10(13-9)14-6-2-1-3-7-14/h4-5H,1-3,6-7,12H2. The third kappa shape index (κ3) is 2.00. The van der Waals surface area contributed by atoms with Gasteiger partial charge in [-0.2, -0.15) is 0 Å². The van der Waals surface area contributed by atoms with Crippen LogP contribution in [0.5, 0.6) is 0 Å². The number of nitrogen functional groups attached to an aromatic ring is 1. The zero-order valence-electron chi connectivity index (χ0n) is 8.04. The van der Waals surface area contributed by atoms with Crippen LogP contribution in [0, 0.1) is 0 Å². The minimum absolute atomic E-state index is 0.773. The van der Waals surface area contributed by atoms with Gasteiger partial charge in [-0.25, -0.2) is 4.98 Å². The van der Waals surface area contributed by atoms with Crippen LogP contribution in [-0.2, 0) is 0 Å². The second-order valence-corrected chi connectivity index (χ2v) is 4.41. The normalized spacial score (nSPS) is 17.1. The average Bonchev–Trinajstić information content (AvgIpc) is 2.23. The lowest BCUT2D eigenvalue weighted by molar-refractivity contribution is 0.574. The van der Waals surface area contributed by atoms with Gasteiger partial charge in [-0.15, -0.1) is 0 Å². The number of anilines is 2. The summed E-state index contributed by atoms with van der Waals surface area (Å²) in [7, 11) is 0. The van der Waals surface area contributed by atoms with E-state index in [0.717, 1.165) is 29.2 Å². The van der Waals surface area contributed by atoms with Crippen molar-refractivity contribution in [3.8, 4) is 0 Å². The first kappa shape index (κ1) is 9.77. The number of nitrogens with zero attached hydrogens (tertiary/aromatic N) is 2. The summed E-state index contributed by atoms with van der Waals surface area (Å²) in [5.74, 6) is 0.930. The van der Waals surface area contributed by atoms with Crippen molar-refractivity contribution in [3.63, 3.8) is 0 Å². The van der Waals surface area contributed by atoms with Crippen LogP contribution in [-0.4, -0.2) is 18.1 Å². The Hall–Kier alpha value is -0.770. The van der Waals surface area contributed by atoms with E-state index in [1.165, 1.54) is 19.3 Å². The van der Waals surface area contributed by atoms with Crippen LogP contribution in [0.1, 0.15) is 19.3 Å². The lowest BCUT2D eigenvalue weighted by Crippen LogP contribution is -2.30.